The molecule has 34 heavy (non-hydrogen) atoms. The monoisotopic (exact) mass is 488 g/mol. The topological polar surface area (TPSA) is 35.5 Å². The summed E-state index contributed by atoms with van der Waals surface area (Å²) in [6, 6.07) is 6.54. The molecule has 10 heteroatoms. The Hall–Kier alpha value is -2.88. The zero-order chi connectivity index (χ0) is 24.9. The van der Waals surface area contributed by atoms with E-state index in [-0.39, 0.29) is 25.0 Å². The molecule has 0 N–H and O–H groups in total. The highest BCUT2D eigenvalue weighted by molar-refractivity contribution is 5.77. The fraction of sp³-hybridized carbons (Fsp3) is 0.375. The average Bonchev–Trinajstić information content (AvgIpc) is 3.36. The molecule has 0 radical (unpaired) electrons. The summed E-state index contributed by atoms with van der Waals surface area (Å²) in [6.45, 7) is -0.379. The van der Waals surface area contributed by atoms with Crippen LogP contribution in [-0.4, -0.2) is 25.3 Å². The summed E-state index contributed by atoms with van der Waals surface area (Å²) in [7, 11) is 1.20. The summed E-state index contributed by atoms with van der Waals surface area (Å²) in [6.07, 6.45) is -7.85. The third kappa shape index (κ3) is 4.31. The molecule has 0 aromatic heterocycles. The van der Waals surface area contributed by atoms with E-state index in [1.807, 2.05) is 0 Å². The number of ether oxygens (including phenoxy) is 2. The van der Waals surface area contributed by atoms with Gasteiger partial charge in [0.05, 0.1) is 36.4 Å². The highest BCUT2D eigenvalue weighted by atomic mass is 19.4. The second kappa shape index (κ2) is 8.41. The van der Waals surface area contributed by atoms with Crippen LogP contribution in [0.15, 0.2) is 48.5 Å². The van der Waals surface area contributed by atoms with Crippen molar-refractivity contribution in [2.45, 2.75) is 36.7 Å². The van der Waals surface area contributed by atoms with Crippen molar-refractivity contribution in [3.8, 4) is 0 Å². The first-order valence-electron chi connectivity index (χ1n) is 10.3. The number of methoxy groups -OCH3 is 1. The molecular weight excluding hydrogens is 469 g/mol. The van der Waals surface area contributed by atoms with Crippen LogP contribution in [0, 0.1) is 11.7 Å². The van der Waals surface area contributed by atoms with Crippen LogP contribution >= 0.6 is 0 Å². The molecule has 2 aromatic rings. The summed E-state index contributed by atoms with van der Waals surface area (Å²) < 4.78 is 105. The van der Waals surface area contributed by atoms with Gasteiger partial charge in [0.15, 0.2) is 0 Å². The quantitative estimate of drug-likeness (QED) is 0.372. The molecule has 0 amide bonds. The van der Waals surface area contributed by atoms with E-state index >= 15 is 0 Å². The van der Waals surface area contributed by atoms with E-state index in [1.165, 1.54) is 37.5 Å². The summed E-state index contributed by atoms with van der Waals surface area (Å²) in [4.78, 5) is 12.5. The normalized spacial score (nSPS) is 25.0. The zero-order valence-electron chi connectivity index (χ0n) is 17.8. The van der Waals surface area contributed by atoms with Crippen LogP contribution in [0.25, 0.3) is 5.57 Å². The molecule has 3 nitrogen and oxygen atoms in total. The molecule has 1 heterocycles. The molecule has 0 bridgehead atoms. The SMILES string of the molecule is COC(=O)[C@H]1CC[C@@]2(C=C(c3cc(C(F)(F)F)ccc3C(F)(F)F)CO2)[C@@H]1c1ccc(F)cc1. The maximum Gasteiger partial charge on any atom is 0.416 e. The standard InChI is InChI=1S/C24H19F7O3/c1-33-21(32)17-8-9-22(20(17)13-2-5-16(25)6-3-13)11-14(12-34-22)18-10-15(23(26,27)28)4-7-19(18)24(29,30)31/h2-7,10-11,17,20H,8-9,12H2,1H3/t17-,20+,22+/m0/s1. The van der Waals surface area contributed by atoms with Crippen molar-refractivity contribution in [3.63, 3.8) is 0 Å². The van der Waals surface area contributed by atoms with Gasteiger partial charge in [-0.1, -0.05) is 12.1 Å². The van der Waals surface area contributed by atoms with Gasteiger partial charge >= 0.3 is 18.3 Å². The number of hydrogen-bond donors (Lipinski definition) is 0. The molecule has 2 aliphatic rings. The van der Waals surface area contributed by atoms with Crippen LogP contribution < -0.4 is 0 Å². The lowest BCUT2D eigenvalue weighted by Gasteiger charge is -2.31. The van der Waals surface area contributed by atoms with Crippen LogP contribution in [0.5, 0.6) is 0 Å². The van der Waals surface area contributed by atoms with E-state index in [9.17, 15) is 35.5 Å². The number of carbonyl (C=O) groups is 1. The molecule has 1 aliphatic heterocycles. The molecule has 0 unspecified atom stereocenters. The van der Waals surface area contributed by atoms with E-state index in [4.69, 9.17) is 9.47 Å². The van der Waals surface area contributed by atoms with Gasteiger partial charge in [0.1, 0.15) is 5.82 Å². The van der Waals surface area contributed by atoms with Crippen LogP contribution in [-0.2, 0) is 26.6 Å². The lowest BCUT2D eigenvalue weighted by atomic mass is 9.79. The second-order valence-electron chi connectivity index (χ2n) is 8.37. The lowest BCUT2D eigenvalue weighted by molar-refractivity contribution is -0.146. The third-order valence-corrected chi connectivity index (χ3v) is 6.42. The first kappa shape index (κ1) is 24.3. The minimum absolute atomic E-state index is 0.0592. The average molecular weight is 488 g/mol. The Bertz CT molecular complexity index is 1120. The van der Waals surface area contributed by atoms with E-state index in [0.717, 1.165) is 0 Å². The van der Waals surface area contributed by atoms with Crippen molar-refractivity contribution >= 4 is 11.5 Å². The van der Waals surface area contributed by atoms with Gasteiger partial charge in [-0.25, -0.2) is 4.39 Å². The van der Waals surface area contributed by atoms with Gasteiger partial charge in [-0.2, -0.15) is 26.3 Å². The molecular formula is C24H19F7O3. The molecule has 1 spiro atoms. The van der Waals surface area contributed by atoms with Gasteiger partial charge in [-0.15, -0.1) is 0 Å². The van der Waals surface area contributed by atoms with E-state index in [1.54, 1.807) is 0 Å². The lowest BCUT2D eigenvalue weighted by Crippen LogP contribution is -2.34. The van der Waals surface area contributed by atoms with Gasteiger partial charge < -0.3 is 9.47 Å². The van der Waals surface area contributed by atoms with Crippen molar-refractivity contribution in [2.24, 2.45) is 5.92 Å². The van der Waals surface area contributed by atoms with Crippen molar-refractivity contribution in [3.05, 3.63) is 76.6 Å². The van der Waals surface area contributed by atoms with Crippen LogP contribution in [0.3, 0.4) is 0 Å². The second-order valence-corrected chi connectivity index (χ2v) is 8.37. The third-order valence-electron chi connectivity index (χ3n) is 6.42. The Morgan fingerprint density at radius 2 is 1.71 bits per heavy atom. The minimum atomic E-state index is -4.89. The predicted molar refractivity (Wildman–Crippen MR) is 107 cm³/mol. The predicted octanol–water partition coefficient (Wildman–Crippen LogP) is 6.38. The number of hydrogen-bond acceptors (Lipinski definition) is 3. The molecule has 1 saturated carbocycles. The first-order valence-corrected chi connectivity index (χ1v) is 10.3. The number of carbonyl (C=O) groups excluding carboxylic acids is 1. The highest BCUT2D eigenvalue weighted by Crippen LogP contribution is 2.54. The number of halogens is 7. The number of alkyl halides is 6. The fourth-order valence-corrected chi connectivity index (χ4v) is 4.94. The molecule has 1 aliphatic carbocycles. The summed E-state index contributed by atoms with van der Waals surface area (Å²) in [5, 5.41) is 0. The van der Waals surface area contributed by atoms with Gasteiger partial charge in [0, 0.05) is 5.92 Å². The first-order chi connectivity index (χ1) is 15.9. The summed E-state index contributed by atoms with van der Waals surface area (Å²) >= 11 is 0. The smallest absolute Gasteiger partial charge is 0.416 e. The van der Waals surface area contributed by atoms with Crippen molar-refractivity contribution in [1.29, 1.82) is 0 Å². The van der Waals surface area contributed by atoms with Crippen molar-refractivity contribution in [1.82, 2.24) is 0 Å². The molecule has 182 valence electrons. The van der Waals surface area contributed by atoms with Crippen LogP contribution in [0.2, 0.25) is 0 Å². The summed E-state index contributed by atoms with van der Waals surface area (Å²) in [5.74, 6) is -2.53. The van der Waals surface area contributed by atoms with Gasteiger partial charge in [0.2, 0.25) is 0 Å². The highest BCUT2D eigenvalue weighted by Gasteiger charge is 2.54. The van der Waals surface area contributed by atoms with Gasteiger partial charge in [-0.3, -0.25) is 4.79 Å². The Morgan fingerprint density at radius 1 is 1.03 bits per heavy atom. The molecule has 3 atom stereocenters. The van der Waals surface area contributed by atoms with E-state index < -0.39 is 58.3 Å². The Balaban J connectivity index is 1.84. The maximum atomic E-state index is 13.6. The fourth-order valence-electron chi connectivity index (χ4n) is 4.94. The molecule has 2 aromatic carbocycles. The Kier molecular flexibility index (Phi) is 6.00. The molecule has 1 fully saturated rings. The number of esters is 1. The van der Waals surface area contributed by atoms with Crippen molar-refractivity contribution in [2.75, 3.05) is 13.7 Å². The van der Waals surface area contributed by atoms with E-state index in [0.29, 0.717) is 23.8 Å². The van der Waals surface area contributed by atoms with E-state index in [2.05, 4.69) is 0 Å². The Labute approximate surface area is 190 Å². The van der Waals surface area contributed by atoms with Crippen molar-refractivity contribution < 1.29 is 45.0 Å². The molecule has 4 rings (SSSR count). The number of benzene rings is 2. The Morgan fingerprint density at radius 3 is 2.29 bits per heavy atom. The van der Waals surface area contributed by atoms with Crippen LogP contribution in [0.1, 0.15) is 41.0 Å². The molecule has 0 saturated heterocycles. The summed E-state index contributed by atoms with van der Waals surface area (Å²) in [5.41, 5.74) is -3.87. The van der Waals surface area contributed by atoms with Gasteiger partial charge in [0.25, 0.3) is 0 Å². The minimum Gasteiger partial charge on any atom is -0.469 e. The zero-order valence-corrected chi connectivity index (χ0v) is 17.8. The number of rotatable bonds is 3. The largest absolute Gasteiger partial charge is 0.469 e. The van der Waals surface area contributed by atoms with Crippen LogP contribution in [0.4, 0.5) is 30.7 Å². The van der Waals surface area contributed by atoms with Gasteiger partial charge in [-0.05, 0) is 65.9 Å². The maximum absolute atomic E-state index is 13.6.